The Kier molecular flexibility index (Phi) is 8.11. The molecule has 1 aromatic rings. The number of unbranched alkanes of at least 4 members (excludes halogenated alkanes) is 6. The van der Waals surface area contributed by atoms with E-state index in [1.165, 1.54) is 38.5 Å². The molecule has 100 valence electrons. The van der Waals surface area contributed by atoms with Crippen LogP contribution in [0, 0.1) is 0 Å². The number of pyridine rings is 1. The second-order valence-corrected chi connectivity index (χ2v) is 4.94. The van der Waals surface area contributed by atoms with Crippen LogP contribution in [0.3, 0.4) is 0 Å². The largest absolute Gasteiger partial charge is 0.299 e. The number of nitrogens with zero attached hydrogens (tertiary/aromatic N) is 1. The standard InChI is InChI=1S/C16H25NO/c1-2-3-4-5-6-7-8-9-16(18)14-15-10-12-17-13-11-15/h10-13H,2-9,14H2,1H3. The van der Waals surface area contributed by atoms with E-state index in [2.05, 4.69) is 11.9 Å². The van der Waals surface area contributed by atoms with E-state index in [4.69, 9.17) is 0 Å². The number of Topliss-reactive ketones (excluding diaryl/α,β-unsaturated/α-hetero) is 1. The first kappa shape index (κ1) is 14.9. The van der Waals surface area contributed by atoms with Crippen molar-refractivity contribution in [1.29, 1.82) is 0 Å². The quantitative estimate of drug-likeness (QED) is 0.576. The normalized spacial score (nSPS) is 10.5. The fourth-order valence-electron chi connectivity index (χ4n) is 2.10. The highest BCUT2D eigenvalue weighted by atomic mass is 16.1. The summed E-state index contributed by atoms with van der Waals surface area (Å²) in [4.78, 5) is 15.7. The van der Waals surface area contributed by atoms with Crippen LogP contribution in [0.4, 0.5) is 0 Å². The van der Waals surface area contributed by atoms with Crippen LogP contribution in [0.2, 0.25) is 0 Å². The van der Waals surface area contributed by atoms with E-state index in [1.807, 2.05) is 12.1 Å². The highest BCUT2D eigenvalue weighted by molar-refractivity contribution is 5.80. The lowest BCUT2D eigenvalue weighted by Gasteiger charge is -2.02. The zero-order valence-corrected chi connectivity index (χ0v) is 11.5. The van der Waals surface area contributed by atoms with Gasteiger partial charge in [0.15, 0.2) is 0 Å². The second kappa shape index (κ2) is 9.81. The first-order chi connectivity index (χ1) is 8.83. The zero-order chi connectivity index (χ0) is 13.1. The highest BCUT2D eigenvalue weighted by Crippen LogP contribution is 2.09. The summed E-state index contributed by atoms with van der Waals surface area (Å²) < 4.78 is 0. The minimum Gasteiger partial charge on any atom is -0.299 e. The van der Waals surface area contributed by atoms with Crippen molar-refractivity contribution in [3.63, 3.8) is 0 Å². The van der Waals surface area contributed by atoms with Gasteiger partial charge in [-0.15, -0.1) is 0 Å². The molecule has 2 nitrogen and oxygen atoms in total. The Morgan fingerprint density at radius 1 is 1.00 bits per heavy atom. The number of hydrogen-bond donors (Lipinski definition) is 0. The molecule has 0 spiro atoms. The molecule has 0 saturated heterocycles. The van der Waals surface area contributed by atoms with Crippen molar-refractivity contribution in [3.05, 3.63) is 30.1 Å². The molecule has 1 heterocycles. The van der Waals surface area contributed by atoms with Crippen molar-refractivity contribution in [2.75, 3.05) is 0 Å². The van der Waals surface area contributed by atoms with Gasteiger partial charge in [0, 0.05) is 25.2 Å². The lowest BCUT2D eigenvalue weighted by atomic mass is 10.0. The van der Waals surface area contributed by atoms with Gasteiger partial charge in [0.1, 0.15) is 5.78 Å². The summed E-state index contributed by atoms with van der Waals surface area (Å²) in [5.41, 5.74) is 1.08. The highest BCUT2D eigenvalue weighted by Gasteiger charge is 2.03. The fraction of sp³-hybridized carbons (Fsp3) is 0.625. The summed E-state index contributed by atoms with van der Waals surface area (Å²) in [5.74, 6) is 0.356. The third-order valence-corrected chi connectivity index (χ3v) is 3.21. The molecule has 0 atom stereocenters. The first-order valence-corrected chi connectivity index (χ1v) is 7.23. The molecule has 0 aliphatic carbocycles. The second-order valence-electron chi connectivity index (χ2n) is 4.94. The Bertz CT molecular complexity index is 321. The van der Waals surface area contributed by atoms with Gasteiger partial charge in [0.25, 0.3) is 0 Å². The SMILES string of the molecule is CCCCCCCCCC(=O)Cc1ccncc1. The van der Waals surface area contributed by atoms with Gasteiger partial charge in [0.05, 0.1) is 0 Å². The van der Waals surface area contributed by atoms with Crippen LogP contribution < -0.4 is 0 Å². The van der Waals surface area contributed by atoms with E-state index in [0.717, 1.165) is 18.4 Å². The smallest absolute Gasteiger partial charge is 0.137 e. The van der Waals surface area contributed by atoms with E-state index in [-0.39, 0.29) is 0 Å². The Balaban J connectivity index is 2.00. The van der Waals surface area contributed by atoms with Gasteiger partial charge in [-0.2, -0.15) is 0 Å². The monoisotopic (exact) mass is 247 g/mol. The van der Waals surface area contributed by atoms with E-state index >= 15 is 0 Å². The molecule has 0 aliphatic rings. The minimum absolute atomic E-state index is 0.356. The number of hydrogen-bond acceptors (Lipinski definition) is 2. The minimum atomic E-state index is 0.356. The molecule has 0 saturated carbocycles. The predicted octanol–water partition coefficient (Wildman–Crippen LogP) is 4.33. The lowest BCUT2D eigenvalue weighted by molar-refractivity contribution is -0.118. The molecule has 0 unspecified atom stereocenters. The van der Waals surface area contributed by atoms with Crippen LogP contribution in [0.25, 0.3) is 0 Å². The van der Waals surface area contributed by atoms with Gasteiger partial charge in [-0.3, -0.25) is 9.78 Å². The maximum absolute atomic E-state index is 11.7. The lowest BCUT2D eigenvalue weighted by Crippen LogP contribution is -2.02. The summed E-state index contributed by atoms with van der Waals surface area (Å²) in [6.07, 6.45) is 13.6. The first-order valence-electron chi connectivity index (χ1n) is 7.23. The summed E-state index contributed by atoms with van der Waals surface area (Å²) in [7, 11) is 0. The van der Waals surface area contributed by atoms with Crippen LogP contribution in [0.5, 0.6) is 0 Å². The molecule has 2 heteroatoms. The predicted molar refractivity (Wildman–Crippen MR) is 75.6 cm³/mol. The topological polar surface area (TPSA) is 30.0 Å². The molecular formula is C16H25NO. The zero-order valence-electron chi connectivity index (χ0n) is 11.5. The molecule has 0 bridgehead atoms. The maximum atomic E-state index is 11.7. The number of rotatable bonds is 10. The van der Waals surface area contributed by atoms with Crippen LogP contribution in [0.1, 0.15) is 63.9 Å². The summed E-state index contributed by atoms with van der Waals surface area (Å²) in [6.45, 7) is 2.23. The third kappa shape index (κ3) is 7.21. The third-order valence-electron chi connectivity index (χ3n) is 3.21. The molecule has 0 radical (unpaired) electrons. The van der Waals surface area contributed by atoms with E-state index < -0.39 is 0 Å². The Morgan fingerprint density at radius 2 is 1.61 bits per heavy atom. The van der Waals surface area contributed by atoms with Crippen LogP contribution in [-0.4, -0.2) is 10.8 Å². The van der Waals surface area contributed by atoms with Crippen LogP contribution >= 0.6 is 0 Å². The maximum Gasteiger partial charge on any atom is 0.137 e. The number of aromatic nitrogens is 1. The molecule has 18 heavy (non-hydrogen) atoms. The van der Waals surface area contributed by atoms with Gasteiger partial charge >= 0.3 is 0 Å². The van der Waals surface area contributed by atoms with Crippen molar-refractivity contribution in [3.8, 4) is 0 Å². The summed E-state index contributed by atoms with van der Waals surface area (Å²) >= 11 is 0. The number of carbonyl (C=O) groups is 1. The average Bonchev–Trinajstić information content (AvgIpc) is 2.39. The van der Waals surface area contributed by atoms with Crippen molar-refractivity contribution in [1.82, 2.24) is 4.98 Å². The molecule has 0 amide bonds. The van der Waals surface area contributed by atoms with E-state index in [1.54, 1.807) is 12.4 Å². The molecule has 0 N–H and O–H groups in total. The van der Waals surface area contributed by atoms with Gasteiger partial charge in [-0.1, -0.05) is 45.4 Å². The molecular weight excluding hydrogens is 222 g/mol. The van der Waals surface area contributed by atoms with Gasteiger partial charge < -0.3 is 0 Å². The van der Waals surface area contributed by atoms with Crippen LogP contribution in [-0.2, 0) is 11.2 Å². The number of ketones is 1. The van der Waals surface area contributed by atoms with E-state index in [9.17, 15) is 4.79 Å². The number of carbonyl (C=O) groups excluding carboxylic acids is 1. The molecule has 0 aromatic carbocycles. The van der Waals surface area contributed by atoms with Crippen molar-refractivity contribution in [2.45, 2.75) is 64.7 Å². The van der Waals surface area contributed by atoms with E-state index in [0.29, 0.717) is 12.2 Å². The van der Waals surface area contributed by atoms with Crippen LogP contribution in [0.15, 0.2) is 24.5 Å². The van der Waals surface area contributed by atoms with Gasteiger partial charge in [-0.05, 0) is 24.1 Å². The molecule has 0 aliphatic heterocycles. The van der Waals surface area contributed by atoms with Crippen molar-refractivity contribution in [2.24, 2.45) is 0 Å². The Hall–Kier alpha value is -1.18. The molecule has 0 fully saturated rings. The van der Waals surface area contributed by atoms with Crippen molar-refractivity contribution < 1.29 is 4.79 Å². The van der Waals surface area contributed by atoms with Gasteiger partial charge in [0.2, 0.25) is 0 Å². The summed E-state index contributed by atoms with van der Waals surface area (Å²) in [6, 6.07) is 3.84. The molecule has 1 aromatic heterocycles. The molecule has 1 rings (SSSR count). The summed E-state index contributed by atoms with van der Waals surface area (Å²) in [5, 5.41) is 0. The Morgan fingerprint density at radius 3 is 2.28 bits per heavy atom. The fourth-order valence-corrected chi connectivity index (χ4v) is 2.10. The average molecular weight is 247 g/mol. The Labute approximate surface area is 111 Å². The van der Waals surface area contributed by atoms with Gasteiger partial charge in [-0.25, -0.2) is 0 Å². The van der Waals surface area contributed by atoms with Crippen molar-refractivity contribution >= 4 is 5.78 Å².